The molecule has 6 nitrogen and oxygen atoms in total. The fourth-order valence-corrected chi connectivity index (χ4v) is 2.39. The summed E-state index contributed by atoms with van der Waals surface area (Å²) in [5, 5.41) is 14.2. The quantitative estimate of drug-likeness (QED) is 0.733. The third kappa shape index (κ3) is 2.74. The maximum atomic E-state index is 5.26. The van der Waals surface area contributed by atoms with Gasteiger partial charge in [0.1, 0.15) is 0 Å². The van der Waals surface area contributed by atoms with Crippen molar-refractivity contribution in [2.24, 2.45) is 0 Å². The summed E-state index contributed by atoms with van der Waals surface area (Å²) in [4.78, 5) is 0. The van der Waals surface area contributed by atoms with E-state index in [4.69, 9.17) is 9.47 Å². The summed E-state index contributed by atoms with van der Waals surface area (Å²) in [7, 11) is 3.24. The van der Waals surface area contributed by atoms with E-state index >= 15 is 0 Å². The molecule has 0 saturated carbocycles. The molecule has 3 aromatic rings. The number of aromatic nitrogens is 4. The third-order valence-corrected chi connectivity index (χ3v) is 3.44. The number of nitrogens with one attached hydrogen (secondary N) is 1. The van der Waals surface area contributed by atoms with Crippen LogP contribution in [0.4, 0.5) is 0 Å². The number of benzene rings is 2. The molecule has 0 bridgehead atoms. The Labute approximate surface area is 128 Å². The second-order valence-corrected chi connectivity index (χ2v) is 4.71. The Balaban J connectivity index is 1.99. The number of nitrogens with zero attached hydrogens (tertiary/aromatic N) is 3. The van der Waals surface area contributed by atoms with Crippen LogP contribution in [0.5, 0.6) is 0 Å². The second kappa shape index (κ2) is 6.46. The molecule has 1 N–H and O–H groups in total. The van der Waals surface area contributed by atoms with Gasteiger partial charge in [-0.15, -0.1) is 10.2 Å². The zero-order valence-corrected chi connectivity index (χ0v) is 12.4. The zero-order valence-electron chi connectivity index (χ0n) is 12.4. The Bertz CT molecular complexity index is 722. The number of ether oxygens (including phenoxy) is 2. The summed E-state index contributed by atoms with van der Waals surface area (Å²) in [6.07, 6.45) is -0.360. The van der Waals surface area contributed by atoms with Crippen molar-refractivity contribution in [1.82, 2.24) is 20.6 Å². The highest BCUT2D eigenvalue weighted by atomic mass is 16.7. The van der Waals surface area contributed by atoms with E-state index in [1.807, 2.05) is 48.5 Å². The van der Waals surface area contributed by atoms with Crippen molar-refractivity contribution in [2.45, 2.75) is 6.29 Å². The molecule has 3 rings (SSSR count). The zero-order chi connectivity index (χ0) is 15.4. The van der Waals surface area contributed by atoms with E-state index in [0.29, 0.717) is 5.82 Å². The van der Waals surface area contributed by atoms with Gasteiger partial charge in [-0.1, -0.05) is 48.5 Å². The van der Waals surface area contributed by atoms with E-state index in [1.54, 1.807) is 14.2 Å². The smallest absolute Gasteiger partial charge is 0.205 e. The van der Waals surface area contributed by atoms with Gasteiger partial charge in [0.05, 0.1) is 0 Å². The van der Waals surface area contributed by atoms with E-state index in [9.17, 15) is 0 Å². The van der Waals surface area contributed by atoms with Gasteiger partial charge in [0.2, 0.25) is 5.82 Å². The maximum absolute atomic E-state index is 5.26. The van der Waals surface area contributed by atoms with Crippen LogP contribution in [-0.4, -0.2) is 34.8 Å². The number of rotatable bonds is 5. The van der Waals surface area contributed by atoms with E-state index in [1.165, 1.54) is 0 Å². The lowest BCUT2D eigenvalue weighted by atomic mass is 9.98. The molecule has 0 saturated heterocycles. The van der Waals surface area contributed by atoms with Crippen molar-refractivity contribution in [3.63, 3.8) is 0 Å². The first-order valence-electron chi connectivity index (χ1n) is 6.82. The molecule has 0 aliphatic carbocycles. The highest BCUT2D eigenvalue weighted by molar-refractivity contribution is 5.80. The van der Waals surface area contributed by atoms with Crippen LogP contribution in [-0.2, 0) is 9.47 Å². The van der Waals surface area contributed by atoms with Gasteiger partial charge >= 0.3 is 0 Å². The first kappa shape index (κ1) is 14.4. The molecule has 1 heterocycles. The topological polar surface area (TPSA) is 72.9 Å². The first-order valence-corrected chi connectivity index (χ1v) is 6.82. The fraction of sp³-hybridized carbons (Fsp3) is 0.188. The van der Waals surface area contributed by atoms with Gasteiger partial charge in [-0.3, -0.25) is 0 Å². The van der Waals surface area contributed by atoms with Crippen molar-refractivity contribution in [3.05, 3.63) is 54.1 Å². The second-order valence-electron chi connectivity index (χ2n) is 4.71. The molecule has 0 fully saturated rings. The molecule has 22 heavy (non-hydrogen) atoms. The molecule has 112 valence electrons. The van der Waals surface area contributed by atoms with Gasteiger partial charge in [-0.25, -0.2) is 0 Å². The molecule has 6 heteroatoms. The van der Waals surface area contributed by atoms with Crippen LogP contribution in [0.2, 0.25) is 0 Å². The maximum Gasteiger partial charge on any atom is 0.205 e. The summed E-state index contributed by atoms with van der Waals surface area (Å²) < 4.78 is 10.5. The van der Waals surface area contributed by atoms with Crippen molar-refractivity contribution in [2.75, 3.05) is 14.2 Å². The molecule has 0 unspecified atom stereocenters. The van der Waals surface area contributed by atoms with E-state index in [0.717, 1.165) is 22.3 Å². The lowest BCUT2D eigenvalue weighted by molar-refractivity contribution is -0.106. The minimum Gasteiger partial charge on any atom is -0.352 e. The lowest BCUT2D eigenvalue weighted by Crippen LogP contribution is -2.03. The predicted octanol–water partition coefficient (Wildman–Crippen LogP) is 2.83. The standard InChI is InChI=1S/C16H16N4O2/c1-21-16(22-2)12-9-7-11(8-10-12)13-5-3-4-6-14(13)15-17-19-20-18-15/h3-10,16H,1-2H3,(H,17,18,19,20). The molecule has 0 spiro atoms. The average molecular weight is 296 g/mol. The van der Waals surface area contributed by atoms with Crippen molar-refractivity contribution >= 4 is 0 Å². The number of H-pyrrole nitrogens is 1. The first-order chi connectivity index (χ1) is 10.8. The van der Waals surface area contributed by atoms with Gasteiger partial charge in [0.25, 0.3) is 0 Å². The van der Waals surface area contributed by atoms with Crippen LogP contribution in [0.3, 0.4) is 0 Å². The monoisotopic (exact) mass is 296 g/mol. The Morgan fingerprint density at radius 1 is 0.909 bits per heavy atom. The Kier molecular flexibility index (Phi) is 4.22. The van der Waals surface area contributed by atoms with Crippen molar-refractivity contribution in [1.29, 1.82) is 0 Å². The molecule has 0 atom stereocenters. The van der Waals surface area contributed by atoms with Gasteiger partial charge < -0.3 is 9.47 Å². The van der Waals surface area contributed by atoms with Crippen LogP contribution in [0, 0.1) is 0 Å². The largest absolute Gasteiger partial charge is 0.352 e. The molecule has 0 radical (unpaired) electrons. The summed E-state index contributed by atoms with van der Waals surface area (Å²) in [6.45, 7) is 0. The van der Waals surface area contributed by atoms with E-state index < -0.39 is 0 Å². The molecule has 0 aliphatic heterocycles. The third-order valence-electron chi connectivity index (χ3n) is 3.44. The molecular formula is C16H16N4O2. The van der Waals surface area contributed by atoms with E-state index in [2.05, 4.69) is 20.6 Å². The predicted molar refractivity (Wildman–Crippen MR) is 81.8 cm³/mol. The molecule has 0 aliphatic rings. The Hall–Kier alpha value is -2.57. The van der Waals surface area contributed by atoms with Gasteiger partial charge in [0.15, 0.2) is 6.29 Å². The van der Waals surface area contributed by atoms with Crippen LogP contribution in [0.25, 0.3) is 22.5 Å². The van der Waals surface area contributed by atoms with Gasteiger partial charge in [0, 0.05) is 25.3 Å². The van der Waals surface area contributed by atoms with Crippen molar-refractivity contribution < 1.29 is 9.47 Å². The normalized spacial score (nSPS) is 11.0. The number of tetrazole rings is 1. The van der Waals surface area contributed by atoms with Crippen LogP contribution >= 0.6 is 0 Å². The summed E-state index contributed by atoms with van der Waals surface area (Å²) in [6, 6.07) is 16.0. The van der Waals surface area contributed by atoms with E-state index in [-0.39, 0.29) is 6.29 Å². The number of hydrogen-bond acceptors (Lipinski definition) is 5. The highest BCUT2D eigenvalue weighted by Gasteiger charge is 2.12. The number of hydrogen-bond donors (Lipinski definition) is 1. The number of methoxy groups -OCH3 is 2. The van der Waals surface area contributed by atoms with Gasteiger partial charge in [-0.2, -0.15) is 5.21 Å². The minimum atomic E-state index is -0.360. The van der Waals surface area contributed by atoms with Crippen LogP contribution in [0.15, 0.2) is 48.5 Å². The molecule has 2 aromatic carbocycles. The Morgan fingerprint density at radius 2 is 1.59 bits per heavy atom. The summed E-state index contributed by atoms with van der Waals surface area (Å²) in [5.41, 5.74) is 4.00. The van der Waals surface area contributed by atoms with Gasteiger partial charge in [-0.05, 0) is 16.3 Å². The SMILES string of the molecule is COC(OC)c1ccc(-c2ccccc2-c2nn[nH]n2)cc1. The Morgan fingerprint density at radius 3 is 2.18 bits per heavy atom. The molecule has 0 amide bonds. The van der Waals surface area contributed by atoms with Crippen molar-refractivity contribution in [3.8, 4) is 22.5 Å². The summed E-state index contributed by atoms with van der Waals surface area (Å²) in [5.74, 6) is 0.575. The van der Waals surface area contributed by atoms with Crippen LogP contribution in [0.1, 0.15) is 11.9 Å². The lowest BCUT2D eigenvalue weighted by Gasteiger charge is -2.14. The van der Waals surface area contributed by atoms with Crippen LogP contribution < -0.4 is 0 Å². The fourth-order valence-electron chi connectivity index (χ4n) is 2.39. The molecule has 1 aromatic heterocycles. The summed E-state index contributed by atoms with van der Waals surface area (Å²) >= 11 is 0. The minimum absolute atomic E-state index is 0.360. The molecular weight excluding hydrogens is 280 g/mol. The average Bonchev–Trinajstić information content (AvgIpc) is 3.11. The number of aromatic amines is 1. The highest BCUT2D eigenvalue weighted by Crippen LogP contribution is 2.30.